The minimum absolute atomic E-state index is 0.480. The highest BCUT2D eigenvalue weighted by Crippen LogP contribution is 2.21. The third-order valence-electron chi connectivity index (χ3n) is 1.89. The van der Waals surface area contributed by atoms with Crippen molar-refractivity contribution in [2.24, 2.45) is 11.7 Å². The van der Waals surface area contributed by atoms with E-state index in [0.717, 1.165) is 0 Å². The van der Waals surface area contributed by atoms with Crippen LogP contribution in [-0.4, -0.2) is 6.04 Å². The third kappa shape index (κ3) is 1.48. The molecule has 1 heteroatoms. The Morgan fingerprint density at radius 2 is 1.62 bits per heavy atom. The zero-order valence-electron chi connectivity index (χ0n) is 5.27. The lowest BCUT2D eigenvalue weighted by atomic mass is 9.88. The number of nitrogens with two attached hydrogens (primary N) is 1. The zero-order valence-corrected chi connectivity index (χ0v) is 5.27. The fourth-order valence-electron chi connectivity index (χ4n) is 1.19. The van der Waals surface area contributed by atoms with Gasteiger partial charge in [0.2, 0.25) is 0 Å². The second-order valence-electron chi connectivity index (χ2n) is 2.78. The third-order valence-corrected chi connectivity index (χ3v) is 1.89. The van der Waals surface area contributed by atoms with Crippen LogP contribution in [0.2, 0.25) is 0 Å². The van der Waals surface area contributed by atoms with Gasteiger partial charge in [-0.3, -0.25) is 0 Å². The van der Waals surface area contributed by atoms with Crippen molar-refractivity contribution < 1.29 is 0 Å². The molecule has 1 rings (SSSR count). The summed E-state index contributed by atoms with van der Waals surface area (Å²) in [5.41, 5.74) is 5.67. The second kappa shape index (κ2) is 2.49. The Bertz CT molecular complexity index is 52.8. The van der Waals surface area contributed by atoms with Crippen LogP contribution in [-0.2, 0) is 0 Å². The molecule has 0 aliphatic heterocycles. The predicted molar refractivity (Wildman–Crippen MR) is 35.3 cm³/mol. The zero-order chi connectivity index (χ0) is 5.98. The van der Waals surface area contributed by atoms with Gasteiger partial charge in [0, 0.05) is 6.04 Å². The molecule has 0 heterocycles. The standard InChI is InChI=1S/C7H14N/c1-6-2-4-7(8)5-3-6/h6-7H,1-5,8H2. The highest BCUT2D eigenvalue weighted by Gasteiger charge is 2.13. The summed E-state index contributed by atoms with van der Waals surface area (Å²) in [6.45, 7) is 3.98. The van der Waals surface area contributed by atoms with Crippen molar-refractivity contribution in [3.05, 3.63) is 6.92 Å². The van der Waals surface area contributed by atoms with Gasteiger partial charge in [0.15, 0.2) is 0 Å². The number of rotatable bonds is 0. The van der Waals surface area contributed by atoms with E-state index in [9.17, 15) is 0 Å². The van der Waals surface area contributed by atoms with Crippen molar-refractivity contribution in [3.63, 3.8) is 0 Å². The van der Waals surface area contributed by atoms with Crippen molar-refractivity contribution in [1.82, 2.24) is 0 Å². The SMILES string of the molecule is [CH2]C1CCC(N)CC1. The van der Waals surface area contributed by atoms with Gasteiger partial charge in [0.05, 0.1) is 0 Å². The lowest BCUT2D eigenvalue weighted by Crippen LogP contribution is -2.25. The first-order chi connectivity index (χ1) is 3.79. The maximum Gasteiger partial charge on any atom is 0.00390 e. The van der Waals surface area contributed by atoms with Crippen LogP contribution in [0.1, 0.15) is 25.7 Å². The van der Waals surface area contributed by atoms with Crippen LogP contribution in [0.5, 0.6) is 0 Å². The molecule has 1 aliphatic rings. The molecular formula is C7H14N. The molecule has 47 valence electrons. The summed E-state index contributed by atoms with van der Waals surface area (Å²) in [5.74, 6) is 0.690. The molecule has 0 bridgehead atoms. The first kappa shape index (κ1) is 6.09. The predicted octanol–water partition coefficient (Wildman–Crippen LogP) is 1.34. The van der Waals surface area contributed by atoms with Gasteiger partial charge < -0.3 is 5.73 Å². The van der Waals surface area contributed by atoms with Gasteiger partial charge >= 0.3 is 0 Å². The molecule has 1 fully saturated rings. The fourth-order valence-corrected chi connectivity index (χ4v) is 1.19. The lowest BCUT2D eigenvalue weighted by molar-refractivity contribution is 0.373. The first-order valence-corrected chi connectivity index (χ1v) is 3.37. The monoisotopic (exact) mass is 112 g/mol. The van der Waals surface area contributed by atoms with Gasteiger partial charge in [-0.25, -0.2) is 0 Å². The van der Waals surface area contributed by atoms with E-state index in [1.807, 2.05) is 0 Å². The molecule has 1 aliphatic carbocycles. The molecule has 0 saturated heterocycles. The van der Waals surface area contributed by atoms with Crippen molar-refractivity contribution in [3.8, 4) is 0 Å². The van der Waals surface area contributed by atoms with Gasteiger partial charge in [-0.2, -0.15) is 0 Å². The Morgan fingerprint density at radius 3 is 2.00 bits per heavy atom. The molecular weight excluding hydrogens is 98.1 g/mol. The minimum Gasteiger partial charge on any atom is -0.328 e. The Labute approximate surface area is 51.3 Å². The quantitative estimate of drug-likeness (QED) is 0.502. The van der Waals surface area contributed by atoms with Gasteiger partial charge in [-0.15, -0.1) is 0 Å². The minimum atomic E-state index is 0.480. The van der Waals surface area contributed by atoms with Crippen molar-refractivity contribution >= 4 is 0 Å². The Kier molecular flexibility index (Phi) is 1.90. The van der Waals surface area contributed by atoms with Crippen molar-refractivity contribution in [1.29, 1.82) is 0 Å². The molecule has 1 radical (unpaired) electrons. The fraction of sp³-hybridized carbons (Fsp3) is 0.857. The molecule has 1 saturated carbocycles. The van der Waals surface area contributed by atoms with Crippen molar-refractivity contribution in [2.75, 3.05) is 0 Å². The molecule has 0 spiro atoms. The Morgan fingerprint density at radius 1 is 1.12 bits per heavy atom. The smallest absolute Gasteiger partial charge is 0.00390 e. The molecule has 1 nitrogen and oxygen atoms in total. The second-order valence-corrected chi connectivity index (χ2v) is 2.78. The molecule has 8 heavy (non-hydrogen) atoms. The Hall–Kier alpha value is -0.0400. The summed E-state index contributed by atoms with van der Waals surface area (Å²) >= 11 is 0. The average Bonchev–Trinajstić information content (AvgIpc) is 1.77. The van der Waals surface area contributed by atoms with Gasteiger partial charge in [-0.05, 0) is 31.6 Å². The summed E-state index contributed by atoms with van der Waals surface area (Å²) in [6.07, 6.45) is 4.85. The van der Waals surface area contributed by atoms with E-state index < -0.39 is 0 Å². The van der Waals surface area contributed by atoms with Crippen LogP contribution in [0.25, 0.3) is 0 Å². The summed E-state index contributed by atoms with van der Waals surface area (Å²) < 4.78 is 0. The van der Waals surface area contributed by atoms with Crippen LogP contribution in [0.3, 0.4) is 0 Å². The van der Waals surface area contributed by atoms with Crippen molar-refractivity contribution in [2.45, 2.75) is 31.7 Å². The van der Waals surface area contributed by atoms with E-state index in [-0.39, 0.29) is 0 Å². The normalized spacial score (nSPS) is 39.8. The van der Waals surface area contributed by atoms with E-state index in [4.69, 9.17) is 5.73 Å². The topological polar surface area (TPSA) is 26.0 Å². The van der Waals surface area contributed by atoms with E-state index in [1.54, 1.807) is 0 Å². The molecule has 0 aromatic carbocycles. The maximum absolute atomic E-state index is 5.67. The van der Waals surface area contributed by atoms with Crippen LogP contribution < -0.4 is 5.73 Å². The van der Waals surface area contributed by atoms with E-state index in [2.05, 4.69) is 6.92 Å². The van der Waals surface area contributed by atoms with Gasteiger partial charge in [0.25, 0.3) is 0 Å². The largest absolute Gasteiger partial charge is 0.328 e. The summed E-state index contributed by atoms with van der Waals surface area (Å²) in [4.78, 5) is 0. The molecule has 0 aromatic heterocycles. The van der Waals surface area contributed by atoms with E-state index in [0.29, 0.717) is 12.0 Å². The van der Waals surface area contributed by atoms with Crippen LogP contribution in [0.15, 0.2) is 0 Å². The number of hydrogen-bond donors (Lipinski definition) is 1. The van der Waals surface area contributed by atoms with E-state index >= 15 is 0 Å². The van der Waals surface area contributed by atoms with Gasteiger partial charge in [0.1, 0.15) is 0 Å². The van der Waals surface area contributed by atoms with Gasteiger partial charge in [-0.1, -0.05) is 6.92 Å². The lowest BCUT2D eigenvalue weighted by Gasteiger charge is -2.22. The summed E-state index contributed by atoms with van der Waals surface area (Å²) in [7, 11) is 0. The van der Waals surface area contributed by atoms with Crippen LogP contribution in [0.4, 0.5) is 0 Å². The maximum atomic E-state index is 5.67. The average molecular weight is 112 g/mol. The highest BCUT2D eigenvalue weighted by atomic mass is 14.6. The molecule has 0 aromatic rings. The van der Waals surface area contributed by atoms with E-state index in [1.165, 1.54) is 25.7 Å². The summed E-state index contributed by atoms with van der Waals surface area (Å²) in [5, 5.41) is 0. The molecule has 0 unspecified atom stereocenters. The molecule has 0 amide bonds. The summed E-state index contributed by atoms with van der Waals surface area (Å²) in [6, 6.07) is 0.480. The van der Waals surface area contributed by atoms with Crippen LogP contribution in [0, 0.1) is 12.8 Å². The molecule has 2 N–H and O–H groups in total. The highest BCUT2D eigenvalue weighted by molar-refractivity contribution is 4.74. The Balaban J connectivity index is 2.19. The van der Waals surface area contributed by atoms with Crippen LogP contribution >= 0.6 is 0 Å². The number of hydrogen-bond acceptors (Lipinski definition) is 1. The first-order valence-electron chi connectivity index (χ1n) is 3.37. The molecule has 0 atom stereocenters.